The number of carbonyl (C=O) groups is 1. The van der Waals surface area contributed by atoms with Gasteiger partial charge in [0.25, 0.3) is 0 Å². The van der Waals surface area contributed by atoms with Gasteiger partial charge in [0.1, 0.15) is 18.1 Å². The van der Waals surface area contributed by atoms with E-state index in [1.54, 1.807) is 30.3 Å². The van der Waals surface area contributed by atoms with Crippen molar-refractivity contribution in [1.29, 1.82) is 0 Å². The first-order chi connectivity index (χ1) is 14.5. The number of carboxylic acids is 1. The molecule has 2 N–H and O–H groups in total. The fourth-order valence-electron chi connectivity index (χ4n) is 4.11. The molecule has 6 nitrogen and oxygen atoms in total. The molecule has 0 radical (unpaired) electrons. The van der Waals surface area contributed by atoms with Crippen LogP contribution < -0.4 is 14.4 Å². The summed E-state index contributed by atoms with van der Waals surface area (Å²) in [6, 6.07) is 10.5. The minimum absolute atomic E-state index is 0.191. The maximum absolute atomic E-state index is 11.6. The van der Waals surface area contributed by atoms with Gasteiger partial charge in [-0.1, -0.05) is 17.7 Å². The van der Waals surface area contributed by atoms with Crippen molar-refractivity contribution in [3.05, 3.63) is 52.5 Å². The smallest absolute Gasteiger partial charge is 0.335 e. The zero-order valence-corrected chi connectivity index (χ0v) is 17.5. The largest absolute Gasteiger partial charge is 0.493 e. The minimum Gasteiger partial charge on any atom is -0.493 e. The van der Waals surface area contributed by atoms with E-state index in [1.165, 1.54) is 0 Å². The molecule has 0 aromatic heterocycles. The summed E-state index contributed by atoms with van der Waals surface area (Å²) >= 11 is 6.13. The molecule has 0 amide bonds. The Kier molecular flexibility index (Phi) is 6.35. The van der Waals surface area contributed by atoms with E-state index in [0.717, 1.165) is 37.1 Å². The van der Waals surface area contributed by atoms with Crippen molar-refractivity contribution >= 4 is 23.3 Å². The maximum atomic E-state index is 11.6. The van der Waals surface area contributed by atoms with Crippen LogP contribution in [0.3, 0.4) is 0 Å². The Hall–Kier alpha value is -2.44. The lowest BCUT2D eigenvalue weighted by molar-refractivity contribution is 0.0697. The van der Waals surface area contributed by atoms with Crippen molar-refractivity contribution in [1.82, 2.24) is 0 Å². The number of carboxylic acid groups (broad SMARTS) is 1. The first-order valence-corrected chi connectivity index (χ1v) is 10.7. The summed E-state index contributed by atoms with van der Waals surface area (Å²) in [5.41, 5.74) is 1.89. The van der Waals surface area contributed by atoms with Crippen molar-refractivity contribution in [2.24, 2.45) is 11.8 Å². The Morgan fingerprint density at radius 2 is 1.93 bits per heavy atom. The topological polar surface area (TPSA) is 79.2 Å². The Morgan fingerprint density at radius 1 is 1.10 bits per heavy atom. The molecule has 0 bridgehead atoms. The van der Waals surface area contributed by atoms with E-state index in [9.17, 15) is 15.0 Å². The maximum Gasteiger partial charge on any atom is 0.335 e. The number of aliphatic hydroxyl groups excluding tert-OH is 1. The molecule has 0 saturated heterocycles. The number of rotatable bonds is 4. The molecular formula is C23H26ClNO5. The molecule has 2 aliphatic rings. The van der Waals surface area contributed by atoms with Gasteiger partial charge < -0.3 is 24.6 Å². The van der Waals surface area contributed by atoms with Crippen LogP contribution in [-0.4, -0.2) is 42.5 Å². The van der Waals surface area contributed by atoms with Gasteiger partial charge in [-0.25, -0.2) is 4.79 Å². The molecule has 2 atom stereocenters. The zero-order valence-electron chi connectivity index (χ0n) is 16.7. The van der Waals surface area contributed by atoms with Crippen molar-refractivity contribution in [3.8, 4) is 11.5 Å². The predicted molar refractivity (Wildman–Crippen MR) is 115 cm³/mol. The molecule has 0 spiro atoms. The third-order valence-electron chi connectivity index (χ3n) is 6.05. The summed E-state index contributed by atoms with van der Waals surface area (Å²) < 4.78 is 12.1. The number of nitrogens with zero attached hydrogens (tertiary/aromatic N) is 1. The van der Waals surface area contributed by atoms with Gasteiger partial charge in [0.15, 0.2) is 0 Å². The van der Waals surface area contributed by atoms with Gasteiger partial charge in [0, 0.05) is 30.3 Å². The highest BCUT2D eigenvalue weighted by molar-refractivity contribution is 6.30. The molecule has 1 fully saturated rings. The molecule has 4 rings (SSSR count). The fourth-order valence-corrected chi connectivity index (χ4v) is 4.27. The molecule has 2 aromatic rings. The summed E-state index contributed by atoms with van der Waals surface area (Å²) in [5.74, 6) is 1.07. The van der Waals surface area contributed by atoms with Gasteiger partial charge in [-0.3, -0.25) is 0 Å². The van der Waals surface area contributed by atoms with E-state index >= 15 is 0 Å². The number of hydrogen-bond acceptors (Lipinski definition) is 5. The van der Waals surface area contributed by atoms with Crippen LogP contribution in [0.15, 0.2) is 36.4 Å². The van der Waals surface area contributed by atoms with Gasteiger partial charge >= 0.3 is 5.97 Å². The van der Waals surface area contributed by atoms with E-state index < -0.39 is 5.97 Å². The second-order valence-corrected chi connectivity index (χ2v) is 8.39. The molecule has 1 heterocycles. The average Bonchev–Trinajstić information content (AvgIpc) is 2.74. The first kappa shape index (κ1) is 20.8. The second-order valence-electron chi connectivity index (χ2n) is 7.96. The van der Waals surface area contributed by atoms with Crippen LogP contribution in [0.25, 0.3) is 0 Å². The van der Waals surface area contributed by atoms with Gasteiger partial charge in [-0.2, -0.15) is 0 Å². The zero-order chi connectivity index (χ0) is 21.1. The average molecular weight is 432 g/mol. The van der Waals surface area contributed by atoms with Gasteiger partial charge in [0.2, 0.25) is 0 Å². The molecule has 160 valence electrons. The van der Waals surface area contributed by atoms with Crippen molar-refractivity contribution in [2.75, 3.05) is 31.2 Å². The molecule has 1 aliphatic heterocycles. The van der Waals surface area contributed by atoms with E-state index in [1.807, 2.05) is 6.07 Å². The number of halogens is 1. The molecular weight excluding hydrogens is 406 g/mol. The van der Waals surface area contributed by atoms with Crippen LogP contribution in [0, 0.1) is 11.8 Å². The summed E-state index contributed by atoms with van der Waals surface area (Å²) in [4.78, 5) is 13.8. The number of hydrogen-bond donors (Lipinski definition) is 2. The van der Waals surface area contributed by atoms with Crippen LogP contribution >= 0.6 is 11.6 Å². The summed E-state index contributed by atoms with van der Waals surface area (Å²) in [5, 5.41) is 19.7. The summed E-state index contributed by atoms with van der Waals surface area (Å²) in [6.07, 6.45) is 2.86. The third-order valence-corrected chi connectivity index (χ3v) is 6.29. The number of fused-ring (bicyclic) bond motifs is 2. The molecule has 1 saturated carbocycles. The van der Waals surface area contributed by atoms with Crippen LogP contribution in [0.1, 0.15) is 35.2 Å². The SMILES string of the molecule is O=C(O)c1ccc2c(c1)N(C[C@@H]1CC[C@H]1CO)CCCOc1cc(Cl)ccc1CO2. The minimum atomic E-state index is -0.965. The highest BCUT2D eigenvalue weighted by Crippen LogP contribution is 2.38. The van der Waals surface area contributed by atoms with Crippen LogP contribution in [0.5, 0.6) is 11.5 Å². The molecule has 7 heteroatoms. The Balaban J connectivity index is 1.66. The highest BCUT2D eigenvalue weighted by Gasteiger charge is 2.32. The van der Waals surface area contributed by atoms with E-state index in [4.69, 9.17) is 21.1 Å². The third kappa shape index (κ3) is 4.50. The monoisotopic (exact) mass is 431 g/mol. The lowest BCUT2D eigenvalue weighted by Gasteiger charge is -2.40. The molecule has 2 aromatic carbocycles. The van der Waals surface area contributed by atoms with Crippen molar-refractivity contribution in [2.45, 2.75) is 25.9 Å². The highest BCUT2D eigenvalue weighted by atomic mass is 35.5. The lowest BCUT2D eigenvalue weighted by Crippen LogP contribution is -2.40. The lowest BCUT2D eigenvalue weighted by atomic mass is 9.74. The van der Waals surface area contributed by atoms with Gasteiger partial charge in [0.05, 0.1) is 17.9 Å². The summed E-state index contributed by atoms with van der Waals surface area (Å²) in [7, 11) is 0. The Bertz CT molecular complexity index is 916. The molecule has 0 unspecified atom stereocenters. The summed E-state index contributed by atoms with van der Waals surface area (Å²) in [6.45, 7) is 2.46. The predicted octanol–water partition coefficient (Wildman–Crippen LogP) is 4.22. The number of ether oxygens (including phenoxy) is 2. The standard InChI is InChI=1S/C23H26ClNO5/c24-19-6-4-18-14-30-21-7-5-15(23(27)28)10-20(21)25(8-1-9-29-22(18)11-19)12-16-2-3-17(16)13-26/h4-7,10-11,16-17,26H,1-3,8-9,12-14H2,(H,27,28)/t16-,17-/m0/s1. The number of aromatic carboxylic acids is 1. The number of benzene rings is 2. The normalized spacial score (nSPS) is 21.2. The van der Waals surface area contributed by atoms with Gasteiger partial charge in [-0.15, -0.1) is 0 Å². The van der Waals surface area contributed by atoms with E-state index in [0.29, 0.717) is 48.1 Å². The van der Waals surface area contributed by atoms with Gasteiger partial charge in [-0.05, 0) is 61.4 Å². The van der Waals surface area contributed by atoms with Crippen molar-refractivity contribution in [3.63, 3.8) is 0 Å². The second kappa shape index (κ2) is 9.14. The Morgan fingerprint density at radius 3 is 2.67 bits per heavy atom. The molecule has 1 aliphatic carbocycles. The molecule has 30 heavy (non-hydrogen) atoms. The fraction of sp³-hybridized carbons (Fsp3) is 0.435. The number of aliphatic hydroxyl groups is 1. The quantitative estimate of drug-likeness (QED) is 0.754. The first-order valence-electron chi connectivity index (χ1n) is 10.3. The van der Waals surface area contributed by atoms with Crippen LogP contribution in [-0.2, 0) is 6.61 Å². The van der Waals surface area contributed by atoms with E-state index in [-0.39, 0.29) is 12.2 Å². The van der Waals surface area contributed by atoms with Crippen LogP contribution in [0.4, 0.5) is 5.69 Å². The Labute approximate surface area is 181 Å². The van der Waals surface area contributed by atoms with Crippen LogP contribution in [0.2, 0.25) is 5.02 Å². The van der Waals surface area contributed by atoms with Crippen molar-refractivity contribution < 1.29 is 24.5 Å². The number of anilines is 1. The van der Waals surface area contributed by atoms with E-state index in [2.05, 4.69) is 4.90 Å².